The van der Waals surface area contributed by atoms with Crippen LogP contribution in [0.3, 0.4) is 0 Å². The number of aryl methyl sites for hydroxylation is 1. The quantitative estimate of drug-likeness (QED) is 0.683. The molecule has 1 N–H and O–H groups in total. The Morgan fingerprint density at radius 2 is 1.96 bits per heavy atom. The van der Waals surface area contributed by atoms with E-state index in [2.05, 4.69) is 25.6 Å². The van der Waals surface area contributed by atoms with E-state index in [0.29, 0.717) is 6.07 Å². The average molecular weight is 419 g/mol. The number of nitrogens with zero attached hydrogens (tertiary/aromatic N) is 1. The molecule has 2 aromatic carbocycles. The molecule has 0 aliphatic heterocycles. The molecule has 0 saturated heterocycles. The number of nitrogens with one attached hydrogen (secondary N) is 1. The van der Waals surface area contributed by atoms with Gasteiger partial charge in [-0.2, -0.15) is 0 Å². The third-order valence-corrected chi connectivity index (χ3v) is 6.26. The number of aromatic nitrogens is 1. The number of thiazole rings is 1. The lowest BCUT2D eigenvalue weighted by Crippen LogP contribution is -2.15. The molecule has 0 aliphatic rings. The van der Waals surface area contributed by atoms with Crippen molar-refractivity contribution in [3.8, 4) is 0 Å². The summed E-state index contributed by atoms with van der Waals surface area (Å²) in [6.07, 6.45) is 0. The molecule has 1 heterocycles. The molecule has 3 rings (SSSR count). The Kier molecular flexibility index (Phi) is 4.11. The van der Waals surface area contributed by atoms with Gasteiger partial charge < -0.3 is 0 Å². The molecule has 0 bridgehead atoms. The van der Waals surface area contributed by atoms with Crippen LogP contribution in [0.15, 0.2) is 39.7 Å². The summed E-state index contributed by atoms with van der Waals surface area (Å²) in [6, 6.07) is 6.25. The van der Waals surface area contributed by atoms with Crippen LogP contribution in [0, 0.1) is 18.6 Å². The van der Waals surface area contributed by atoms with E-state index in [-0.39, 0.29) is 10.2 Å². The molecule has 0 unspecified atom stereocenters. The molecule has 0 saturated carbocycles. The highest BCUT2D eigenvalue weighted by Gasteiger charge is 2.24. The summed E-state index contributed by atoms with van der Waals surface area (Å²) in [7, 11) is -4.21. The van der Waals surface area contributed by atoms with Crippen molar-refractivity contribution in [2.24, 2.45) is 0 Å². The Labute approximate surface area is 143 Å². The van der Waals surface area contributed by atoms with Crippen molar-refractivity contribution in [2.45, 2.75) is 11.8 Å². The van der Waals surface area contributed by atoms with Crippen LogP contribution < -0.4 is 4.72 Å². The van der Waals surface area contributed by atoms with Gasteiger partial charge in [0.15, 0.2) is 0 Å². The fraction of sp³-hybridized carbons (Fsp3) is 0.0714. The van der Waals surface area contributed by atoms with Gasteiger partial charge in [0.05, 0.1) is 20.9 Å². The summed E-state index contributed by atoms with van der Waals surface area (Å²) in [4.78, 5) is 3.64. The topological polar surface area (TPSA) is 59.1 Å². The predicted octanol–water partition coefficient (Wildman–Crippen LogP) is 4.45. The van der Waals surface area contributed by atoms with Gasteiger partial charge in [0, 0.05) is 10.5 Å². The second kappa shape index (κ2) is 5.81. The Bertz CT molecular complexity index is 996. The number of hydrogen-bond donors (Lipinski definition) is 1. The van der Waals surface area contributed by atoms with E-state index in [9.17, 15) is 17.2 Å². The maximum absolute atomic E-state index is 13.9. The van der Waals surface area contributed by atoms with E-state index in [1.165, 1.54) is 17.4 Å². The smallest absolute Gasteiger partial charge is 0.265 e. The Hall–Kier alpha value is -1.58. The van der Waals surface area contributed by atoms with Crippen LogP contribution in [0.25, 0.3) is 10.2 Å². The Morgan fingerprint density at radius 1 is 1.22 bits per heavy atom. The summed E-state index contributed by atoms with van der Waals surface area (Å²) in [5, 5.41) is 0.854. The largest absolute Gasteiger partial charge is 0.279 e. The average Bonchev–Trinajstić information content (AvgIpc) is 2.75. The molecule has 23 heavy (non-hydrogen) atoms. The monoisotopic (exact) mass is 418 g/mol. The van der Waals surface area contributed by atoms with E-state index >= 15 is 0 Å². The molecule has 3 aromatic rings. The molecule has 1 aromatic heterocycles. The fourth-order valence-electron chi connectivity index (χ4n) is 2.10. The molecule has 120 valence electrons. The lowest BCUT2D eigenvalue weighted by molar-refractivity contribution is 0.548. The van der Waals surface area contributed by atoms with Crippen LogP contribution >= 0.6 is 27.3 Å². The van der Waals surface area contributed by atoms with Gasteiger partial charge in [-0.1, -0.05) is 0 Å². The fourth-order valence-corrected chi connectivity index (χ4v) is 5.18. The van der Waals surface area contributed by atoms with E-state index in [0.717, 1.165) is 21.3 Å². The second-order valence-electron chi connectivity index (χ2n) is 4.72. The van der Waals surface area contributed by atoms with Crippen molar-refractivity contribution in [3.05, 3.63) is 51.4 Å². The first-order chi connectivity index (χ1) is 10.8. The van der Waals surface area contributed by atoms with Gasteiger partial charge in [0.2, 0.25) is 0 Å². The van der Waals surface area contributed by atoms with Crippen molar-refractivity contribution in [2.75, 3.05) is 4.72 Å². The number of hydrogen-bond acceptors (Lipinski definition) is 4. The van der Waals surface area contributed by atoms with Gasteiger partial charge in [-0.25, -0.2) is 22.2 Å². The van der Waals surface area contributed by atoms with Crippen LogP contribution in [0.1, 0.15) is 5.01 Å². The van der Waals surface area contributed by atoms with Crippen LogP contribution in [-0.2, 0) is 10.0 Å². The Balaban J connectivity index is 2.03. The summed E-state index contributed by atoms with van der Waals surface area (Å²) in [5.41, 5.74) is 1.03. The van der Waals surface area contributed by atoms with Gasteiger partial charge in [0.1, 0.15) is 16.5 Å². The lowest BCUT2D eigenvalue weighted by atomic mass is 10.3. The number of anilines is 1. The number of halogens is 3. The molecule has 9 heteroatoms. The molecule has 0 amide bonds. The summed E-state index contributed by atoms with van der Waals surface area (Å²) >= 11 is 4.30. The van der Waals surface area contributed by atoms with Gasteiger partial charge >= 0.3 is 0 Å². The SMILES string of the molecule is Cc1nc2ccc(NS(=O)(=O)c3c(F)cc(F)cc3Br)cc2s1. The zero-order valence-corrected chi connectivity index (χ0v) is 14.8. The van der Waals surface area contributed by atoms with Gasteiger partial charge in [-0.3, -0.25) is 4.72 Å². The number of rotatable bonds is 3. The van der Waals surface area contributed by atoms with Crippen molar-refractivity contribution in [3.63, 3.8) is 0 Å². The van der Waals surface area contributed by atoms with Crippen LogP contribution in [0.2, 0.25) is 0 Å². The standard InChI is InChI=1S/C14H9BrF2N2O2S2/c1-7-18-12-3-2-9(6-13(12)22-7)19-23(20,21)14-10(15)4-8(16)5-11(14)17/h2-6,19H,1H3. The van der Waals surface area contributed by atoms with Crippen LogP contribution in [0.4, 0.5) is 14.5 Å². The molecule has 0 radical (unpaired) electrons. The predicted molar refractivity (Wildman–Crippen MR) is 89.2 cm³/mol. The van der Waals surface area contributed by atoms with E-state index in [1.807, 2.05) is 6.92 Å². The van der Waals surface area contributed by atoms with Crippen molar-refractivity contribution in [1.29, 1.82) is 0 Å². The summed E-state index contributed by atoms with van der Waals surface area (Å²) in [6.45, 7) is 1.85. The zero-order valence-electron chi connectivity index (χ0n) is 11.6. The highest BCUT2D eigenvalue weighted by molar-refractivity contribution is 9.10. The molecular weight excluding hydrogens is 410 g/mol. The minimum Gasteiger partial charge on any atom is -0.279 e. The second-order valence-corrected chi connectivity index (χ2v) is 8.43. The number of benzene rings is 2. The van der Waals surface area contributed by atoms with Gasteiger partial charge in [-0.05, 0) is 47.1 Å². The Morgan fingerprint density at radius 3 is 2.65 bits per heavy atom. The summed E-state index contributed by atoms with van der Waals surface area (Å²) in [5.74, 6) is -2.03. The number of sulfonamides is 1. The normalized spacial score (nSPS) is 11.8. The highest BCUT2D eigenvalue weighted by Crippen LogP contribution is 2.30. The van der Waals surface area contributed by atoms with Crippen LogP contribution in [0.5, 0.6) is 0 Å². The van der Waals surface area contributed by atoms with E-state index in [1.54, 1.807) is 12.1 Å². The third-order valence-electron chi connectivity index (χ3n) is 2.98. The van der Waals surface area contributed by atoms with Gasteiger partial charge in [0.25, 0.3) is 10.0 Å². The maximum Gasteiger partial charge on any atom is 0.265 e. The first kappa shape index (κ1) is 16.3. The molecule has 0 spiro atoms. The third kappa shape index (κ3) is 3.22. The maximum atomic E-state index is 13.9. The molecule has 0 fully saturated rings. The molecule has 0 aliphatic carbocycles. The van der Waals surface area contributed by atoms with Crippen molar-refractivity contribution < 1.29 is 17.2 Å². The first-order valence-electron chi connectivity index (χ1n) is 6.31. The van der Waals surface area contributed by atoms with Gasteiger partial charge in [-0.15, -0.1) is 11.3 Å². The minimum absolute atomic E-state index is 0.183. The minimum atomic E-state index is -4.21. The van der Waals surface area contributed by atoms with Crippen molar-refractivity contribution in [1.82, 2.24) is 4.98 Å². The van der Waals surface area contributed by atoms with E-state index < -0.39 is 26.6 Å². The van der Waals surface area contributed by atoms with E-state index in [4.69, 9.17) is 0 Å². The number of fused-ring (bicyclic) bond motifs is 1. The summed E-state index contributed by atoms with van der Waals surface area (Å²) < 4.78 is 54.7. The highest BCUT2D eigenvalue weighted by atomic mass is 79.9. The van der Waals surface area contributed by atoms with Crippen molar-refractivity contribution >= 4 is 53.2 Å². The molecule has 4 nitrogen and oxygen atoms in total. The lowest BCUT2D eigenvalue weighted by Gasteiger charge is -2.10. The molecular formula is C14H9BrF2N2O2S2. The molecule has 0 atom stereocenters. The zero-order chi connectivity index (χ0) is 16.8. The first-order valence-corrected chi connectivity index (χ1v) is 9.40. The van der Waals surface area contributed by atoms with Crippen LogP contribution in [-0.4, -0.2) is 13.4 Å².